The number of fused-ring (bicyclic) bond motifs is 9. The fraction of sp³-hybridized carbons (Fsp3) is 0.0108. The fourth-order valence-electron chi connectivity index (χ4n) is 16.3. The number of nitrogens with zero attached hydrogens (tertiary/aromatic N) is 2. The summed E-state index contributed by atoms with van der Waals surface area (Å²) in [6, 6.07) is 139. The molecule has 19 rings (SSSR count). The number of hydrogen-bond acceptors (Lipinski definition) is 2. The molecular weight excluding hydrogens is 1160 g/mol. The summed E-state index contributed by atoms with van der Waals surface area (Å²) in [6.45, 7) is -0.241. The van der Waals surface area contributed by atoms with E-state index in [1.807, 2.05) is 0 Å². The third-order valence-corrected chi connectivity index (χ3v) is 20.6. The zero-order chi connectivity index (χ0) is 63.3. The highest BCUT2D eigenvalue weighted by molar-refractivity contribution is 7.00. The third-order valence-electron chi connectivity index (χ3n) is 20.6. The maximum Gasteiger partial charge on any atom is 0.252 e. The predicted molar refractivity (Wildman–Crippen MR) is 405 cm³/mol. The summed E-state index contributed by atoms with van der Waals surface area (Å²) in [5, 5.41) is 4.88. The molecule has 2 aliphatic heterocycles. The van der Waals surface area contributed by atoms with Gasteiger partial charge in [0.2, 0.25) is 0 Å². The average Bonchev–Trinajstić information content (AvgIpc) is 1.40. The number of anilines is 6. The lowest BCUT2D eigenvalue weighted by Gasteiger charge is -2.46. The molecule has 0 amide bonds. The third kappa shape index (κ3) is 8.96. The molecule has 0 unspecified atom stereocenters. The van der Waals surface area contributed by atoms with Crippen LogP contribution in [0.1, 0.15) is 22.3 Å². The Morgan fingerprint density at radius 3 is 0.948 bits per heavy atom. The maximum atomic E-state index is 2.65. The first kappa shape index (κ1) is 55.4. The van der Waals surface area contributed by atoms with Gasteiger partial charge in [-0.3, -0.25) is 0 Å². The van der Waals surface area contributed by atoms with E-state index in [1.165, 1.54) is 93.6 Å². The monoisotopic (exact) mass is 1220 g/mol. The van der Waals surface area contributed by atoms with Crippen LogP contribution in [0.2, 0.25) is 0 Å². The summed E-state index contributed by atoms with van der Waals surface area (Å²) >= 11 is 0. The standard InChI is InChI=1S/C93H61BN2/c1-6-24-62(25-7-1)74-52-75(63-26-8-2-9-27-63)55-80(54-74)95-88-48-46-72(70-44-42-66-32-16-18-34-68(66)50-70)58-86(88)94-87-59-73(71-45-43-67-33-17-19-35-69(67)51-71)47-49-89(87)96(81-56-76(64-28-10-3-11-29-64)53-77(57-81)65-30-12-4-13-31-65)91-61-79(60-90(95)92(91)94)93(78-36-14-5-15-37-78)84-40-22-20-38-82(84)83-39-21-23-41-85(83)93/h1-61H. The minimum atomic E-state index is -0.755. The van der Waals surface area contributed by atoms with Crippen LogP contribution in [0.25, 0.3) is 99.4 Å². The molecule has 0 fully saturated rings. The van der Waals surface area contributed by atoms with Gasteiger partial charge in [-0.2, -0.15) is 0 Å². The Morgan fingerprint density at radius 1 is 0.208 bits per heavy atom. The Morgan fingerprint density at radius 2 is 0.542 bits per heavy atom. The lowest BCUT2D eigenvalue weighted by Crippen LogP contribution is -2.61. The molecule has 0 N–H and O–H groups in total. The van der Waals surface area contributed by atoms with E-state index in [0.29, 0.717) is 0 Å². The molecule has 96 heavy (non-hydrogen) atoms. The van der Waals surface area contributed by atoms with E-state index in [-0.39, 0.29) is 6.71 Å². The lowest BCUT2D eigenvalue weighted by atomic mass is 9.33. The average molecular weight is 1220 g/mol. The zero-order valence-electron chi connectivity index (χ0n) is 52.7. The van der Waals surface area contributed by atoms with Gasteiger partial charge >= 0.3 is 0 Å². The smallest absolute Gasteiger partial charge is 0.252 e. The van der Waals surface area contributed by atoms with Gasteiger partial charge in [0.25, 0.3) is 6.71 Å². The largest absolute Gasteiger partial charge is 0.311 e. The summed E-state index contributed by atoms with van der Waals surface area (Å²) in [5.74, 6) is 0. The predicted octanol–water partition coefficient (Wildman–Crippen LogP) is 22.4. The van der Waals surface area contributed by atoms with Gasteiger partial charge in [0.05, 0.1) is 5.41 Å². The van der Waals surface area contributed by atoms with Crippen molar-refractivity contribution in [3.05, 3.63) is 392 Å². The summed E-state index contributed by atoms with van der Waals surface area (Å²) in [4.78, 5) is 5.30. The van der Waals surface area contributed by atoms with Crippen molar-refractivity contribution in [1.82, 2.24) is 0 Å². The molecule has 0 bridgehead atoms. The van der Waals surface area contributed by atoms with E-state index in [1.54, 1.807) is 0 Å². The highest BCUT2D eigenvalue weighted by Gasteiger charge is 2.50. The van der Waals surface area contributed by atoms with Crippen molar-refractivity contribution in [2.45, 2.75) is 5.41 Å². The van der Waals surface area contributed by atoms with E-state index in [0.717, 1.165) is 78.6 Å². The number of rotatable bonds is 10. The van der Waals surface area contributed by atoms with Crippen LogP contribution < -0.4 is 26.2 Å². The van der Waals surface area contributed by atoms with Crippen LogP contribution in [0.4, 0.5) is 34.1 Å². The normalized spacial score (nSPS) is 13.0. The Balaban J connectivity index is 0.984. The summed E-state index contributed by atoms with van der Waals surface area (Å²) in [6.07, 6.45) is 0. The van der Waals surface area contributed by atoms with Gasteiger partial charge < -0.3 is 9.80 Å². The van der Waals surface area contributed by atoms with Gasteiger partial charge in [-0.15, -0.1) is 0 Å². The molecule has 0 aromatic heterocycles. The molecule has 0 atom stereocenters. The van der Waals surface area contributed by atoms with Crippen LogP contribution in [0.3, 0.4) is 0 Å². The minimum Gasteiger partial charge on any atom is -0.311 e. The molecule has 446 valence electrons. The molecule has 16 aromatic carbocycles. The van der Waals surface area contributed by atoms with E-state index in [9.17, 15) is 0 Å². The molecule has 16 aromatic rings. The van der Waals surface area contributed by atoms with Crippen molar-refractivity contribution in [3.63, 3.8) is 0 Å². The first-order chi connectivity index (χ1) is 47.6. The van der Waals surface area contributed by atoms with Crippen molar-refractivity contribution < 1.29 is 0 Å². The molecule has 0 spiro atoms. The summed E-state index contributed by atoms with van der Waals surface area (Å²) < 4.78 is 0. The number of hydrogen-bond donors (Lipinski definition) is 0. The van der Waals surface area contributed by atoms with Crippen molar-refractivity contribution in [3.8, 4) is 77.9 Å². The van der Waals surface area contributed by atoms with Crippen molar-refractivity contribution in [2.24, 2.45) is 0 Å². The summed E-state index contributed by atoms with van der Waals surface area (Å²) in [7, 11) is 0. The zero-order valence-corrected chi connectivity index (χ0v) is 52.7. The second kappa shape index (κ2) is 22.5. The van der Waals surface area contributed by atoms with Crippen LogP contribution in [0.5, 0.6) is 0 Å². The molecule has 2 nitrogen and oxygen atoms in total. The Kier molecular flexibility index (Phi) is 13.0. The topological polar surface area (TPSA) is 6.48 Å². The molecule has 2 heterocycles. The lowest BCUT2D eigenvalue weighted by molar-refractivity contribution is 0.768. The highest BCUT2D eigenvalue weighted by atomic mass is 15.2. The van der Waals surface area contributed by atoms with E-state index >= 15 is 0 Å². The van der Waals surface area contributed by atoms with Crippen LogP contribution in [-0.2, 0) is 5.41 Å². The Bertz CT molecular complexity index is 5280. The maximum absolute atomic E-state index is 2.65. The van der Waals surface area contributed by atoms with E-state index in [2.05, 4.69) is 380 Å². The Hall–Kier alpha value is -12.3. The quantitative estimate of drug-likeness (QED) is 0.126. The minimum absolute atomic E-state index is 0.241. The summed E-state index contributed by atoms with van der Waals surface area (Å²) in [5.41, 5.74) is 31.0. The van der Waals surface area contributed by atoms with Gasteiger partial charge in [-0.25, -0.2) is 0 Å². The van der Waals surface area contributed by atoms with Gasteiger partial charge in [0, 0.05) is 34.1 Å². The molecule has 3 heteroatoms. The van der Waals surface area contributed by atoms with Crippen LogP contribution in [0, 0.1) is 0 Å². The van der Waals surface area contributed by atoms with Gasteiger partial charge in [-0.1, -0.05) is 297 Å². The molecule has 0 saturated heterocycles. The molecular formula is C93H61BN2. The Labute approximate surface area is 560 Å². The first-order valence-electron chi connectivity index (χ1n) is 33.4. The highest BCUT2D eigenvalue weighted by Crippen LogP contribution is 2.59. The van der Waals surface area contributed by atoms with Crippen molar-refractivity contribution >= 4 is 78.8 Å². The second-order valence-corrected chi connectivity index (χ2v) is 25.9. The molecule has 3 aliphatic rings. The second-order valence-electron chi connectivity index (χ2n) is 25.9. The molecule has 0 radical (unpaired) electrons. The SMILES string of the molecule is c1ccc(-c2cc(-c3ccccc3)cc(N3c4ccc(-c5ccc6ccccc6c5)cc4B4c5cc(-c6ccc7ccccc7c6)ccc5N(c5cc(-c6ccccc6)cc(-c6ccccc6)c5)c5cc(C6(c7ccccc7)c7ccccc7-c7ccccc76)cc3c54)c2)cc1. The number of benzene rings is 16. The van der Waals surface area contributed by atoms with Gasteiger partial charge in [0.15, 0.2) is 0 Å². The van der Waals surface area contributed by atoms with Crippen molar-refractivity contribution in [2.75, 3.05) is 9.80 Å². The van der Waals surface area contributed by atoms with Crippen molar-refractivity contribution in [1.29, 1.82) is 0 Å². The van der Waals surface area contributed by atoms with Gasteiger partial charge in [0.1, 0.15) is 0 Å². The fourth-order valence-corrected chi connectivity index (χ4v) is 16.3. The van der Waals surface area contributed by atoms with E-state index < -0.39 is 5.41 Å². The molecule has 1 aliphatic carbocycles. The van der Waals surface area contributed by atoms with Gasteiger partial charge in [-0.05, 0) is 211 Å². The van der Waals surface area contributed by atoms with Crippen LogP contribution in [0.15, 0.2) is 370 Å². The first-order valence-corrected chi connectivity index (χ1v) is 33.4. The van der Waals surface area contributed by atoms with Crippen LogP contribution in [-0.4, -0.2) is 6.71 Å². The molecule has 0 saturated carbocycles. The van der Waals surface area contributed by atoms with Crippen LogP contribution >= 0.6 is 0 Å². The van der Waals surface area contributed by atoms with E-state index in [4.69, 9.17) is 0 Å².